The minimum absolute atomic E-state index is 0.227. The van der Waals surface area contributed by atoms with E-state index in [9.17, 15) is 4.79 Å². The van der Waals surface area contributed by atoms with E-state index in [1.807, 2.05) is 0 Å². The minimum Gasteiger partial charge on any atom is -0.461 e. The second-order valence-corrected chi connectivity index (χ2v) is 4.02. The molecule has 0 unspecified atom stereocenters. The normalized spacial score (nSPS) is 11.3. The molecule has 0 heterocycles. The highest BCUT2D eigenvalue weighted by Crippen LogP contribution is 1.93. The van der Waals surface area contributed by atoms with Gasteiger partial charge in [-0.15, -0.1) is 0 Å². The molecule has 0 amide bonds. The maximum absolute atomic E-state index is 10.6. The number of hydrogen-bond donors (Lipinski definition) is 3. The standard InChI is InChI=1S/C5H12O5Si/c1-2-3-5(6)10-4-11(7,8)9/h7-9H,2-4H2,1H3. The number of esters is 1. The van der Waals surface area contributed by atoms with Crippen molar-refractivity contribution in [3.05, 3.63) is 0 Å². The van der Waals surface area contributed by atoms with Crippen LogP contribution in [0.1, 0.15) is 19.8 Å². The van der Waals surface area contributed by atoms with Crippen molar-refractivity contribution in [2.24, 2.45) is 0 Å². The van der Waals surface area contributed by atoms with E-state index in [-0.39, 0.29) is 6.42 Å². The molecule has 11 heavy (non-hydrogen) atoms. The number of hydrogen-bond acceptors (Lipinski definition) is 5. The van der Waals surface area contributed by atoms with E-state index in [4.69, 9.17) is 14.4 Å². The maximum Gasteiger partial charge on any atom is 0.532 e. The maximum atomic E-state index is 10.6. The van der Waals surface area contributed by atoms with Gasteiger partial charge in [-0.05, 0) is 6.42 Å². The van der Waals surface area contributed by atoms with Crippen LogP contribution in [0.15, 0.2) is 0 Å². The zero-order valence-electron chi connectivity index (χ0n) is 6.28. The predicted octanol–water partition coefficient (Wildman–Crippen LogP) is -1.22. The van der Waals surface area contributed by atoms with E-state index in [1.54, 1.807) is 6.92 Å². The number of carbonyl (C=O) groups excluding carboxylic acids is 1. The molecule has 5 nitrogen and oxygen atoms in total. The monoisotopic (exact) mass is 180 g/mol. The van der Waals surface area contributed by atoms with Gasteiger partial charge in [0.15, 0.2) is 6.23 Å². The van der Waals surface area contributed by atoms with E-state index in [0.717, 1.165) is 0 Å². The Labute approximate surface area is 65.6 Å². The van der Waals surface area contributed by atoms with Gasteiger partial charge in [0.25, 0.3) is 0 Å². The number of carbonyl (C=O) groups is 1. The van der Waals surface area contributed by atoms with E-state index in [1.165, 1.54) is 0 Å². The fourth-order valence-corrected chi connectivity index (χ4v) is 0.808. The van der Waals surface area contributed by atoms with Crippen LogP contribution in [0.25, 0.3) is 0 Å². The van der Waals surface area contributed by atoms with Crippen LogP contribution in [0.5, 0.6) is 0 Å². The van der Waals surface area contributed by atoms with Crippen molar-refractivity contribution >= 4 is 14.8 Å². The molecule has 0 aromatic rings. The summed E-state index contributed by atoms with van der Waals surface area (Å²) in [6.45, 7) is 1.79. The second kappa shape index (κ2) is 4.45. The predicted molar refractivity (Wildman–Crippen MR) is 38.3 cm³/mol. The average molecular weight is 180 g/mol. The highest BCUT2D eigenvalue weighted by atomic mass is 28.4. The van der Waals surface area contributed by atoms with Crippen molar-refractivity contribution in [2.45, 2.75) is 19.8 Å². The van der Waals surface area contributed by atoms with Gasteiger partial charge in [-0.3, -0.25) is 4.79 Å². The molecule has 0 aliphatic carbocycles. The van der Waals surface area contributed by atoms with Crippen LogP contribution in [0, 0.1) is 0 Å². The summed E-state index contributed by atoms with van der Waals surface area (Å²) in [5.41, 5.74) is 0. The van der Waals surface area contributed by atoms with E-state index in [0.29, 0.717) is 6.42 Å². The molecule has 0 rings (SSSR count). The lowest BCUT2D eigenvalue weighted by atomic mass is 10.3. The van der Waals surface area contributed by atoms with Gasteiger partial charge in [0.05, 0.1) is 0 Å². The lowest BCUT2D eigenvalue weighted by Crippen LogP contribution is -2.41. The van der Waals surface area contributed by atoms with Gasteiger partial charge in [-0.1, -0.05) is 6.92 Å². The summed E-state index contributed by atoms with van der Waals surface area (Å²) in [7, 11) is -4.19. The SMILES string of the molecule is CCCC(=O)OC[Si](O)(O)O. The lowest BCUT2D eigenvalue weighted by Gasteiger charge is -2.08. The molecule has 0 fully saturated rings. The van der Waals surface area contributed by atoms with E-state index in [2.05, 4.69) is 4.74 Å². The van der Waals surface area contributed by atoms with Crippen LogP contribution in [0.2, 0.25) is 0 Å². The summed E-state index contributed by atoms with van der Waals surface area (Å²) in [5, 5.41) is 0. The molecule has 0 aliphatic rings. The highest BCUT2D eigenvalue weighted by molar-refractivity contribution is 6.56. The molecule has 0 bridgehead atoms. The van der Waals surface area contributed by atoms with Crippen LogP contribution in [0.4, 0.5) is 0 Å². The zero-order valence-corrected chi connectivity index (χ0v) is 7.28. The third-order valence-corrected chi connectivity index (χ3v) is 1.41. The average Bonchev–Trinajstić information content (AvgIpc) is 1.83. The number of ether oxygens (including phenoxy) is 1. The fraction of sp³-hybridized carbons (Fsp3) is 0.800. The fourth-order valence-electron chi connectivity index (χ4n) is 0.454. The Morgan fingerprint density at radius 3 is 2.36 bits per heavy atom. The van der Waals surface area contributed by atoms with Crippen LogP contribution in [-0.2, 0) is 9.53 Å². The van der Waals surface area contributed by atoms with Crippen molar-refractivity contribution in [2.75, 3.05) is 6.23 Å². The molecule has 0 aromatic carbocycles. The quantitative estimate of drug-likeness (QED) is 0.373. The minimum atomic E-state index is -4.19. The van der Waals surface area contributed by atoms with Crippen LogP contribution >= 0.6 is 0 Å². The summed E-state index contributed by atoms with van der Waals surface area (Å²) in [6.07, 6.45) is 0.186. The Bertz CT molecular complexity index is 129. The molecule has 0 spiro atoms. The molecule has 0 radical (unpaired) electrons. The Hall–Kier alpha value is -0.433. The van der Waals surface area contributed by atoms with Gasteiger partial charge in [-0.2, -0.15) is 0 Å². The van der Waals surface area contributed by atoms with Crippen LogP contribution < -0.4 is 0 Å². The molecule has 3 N–H and O–H groups in total. The summed E-state index contributed by atoms with van der Waals surface area (Å²) in [6, 6.07) is 0. The lowest BCUT2D eigenvalue weighted by molar-refractivity contribution is -0.143. The van der Waals surface area contributed by atoms with Crippen LogP contribution in [-0.4, -0.2) is 35.4 Å². The Morgan fingerprint density at radius 1 is 1.45 bits per heavy atom. The van der Waals surface area contributed by atoms with Crippen molar-refractivity contribution in [1.82, 2.24) is 0 Å². The Balaban J connectivity index is 3.46. The van der Waals surface area contributed by atoms with Crippen molar-refractivity contribution in [3.63, 3.8) is 0 Å². The molecule has 66 valence electrons. The Morgan fingerprint density at radius 2 is 2.00 bits per heavy atom. The molecule has 6 heteroatoms. The van der Waals surface area contributed by atoms with E-state index >= 15 is 0 Å². The summed E-state index contributed by atoms with van der Waals surface area (Å²) in [4.78, 5) is 35.8. The van der Waals surface area contributed by atoms with Crippen molar-refractivity contribution in [1.29, 1.82) is 0 Å². The van der Waals surface area contributed by atoms with Crippen LogP contribution in [0.3, 0.4) is 0 Å². The molecule has 0 aromatic heterocycles. The first kappa shape index (κ1) is 10.6. The first-order valence-electron chi connectivity index (χ1n) is 3.28. The topological polar surface area (TPSA) is 87.0 Å². The first-order valence-corrected chi connectivity index (χ1v) is 5.33. The molecular formula is C5H12O5Si. The van der Waals surface area contributed by atoms with E-state index < -0.39 is 21.0 Å². The Kier molecular flexibility index (Phi) is 4.27. The van der Waals surface area contributed by atoms with Crippen molar-refractivity contribution in [3.8, 4) is 0 Å². The van der Waals surface area contributed by atoms with Gasteiger partial charge in [0, 0.05) is 6.42 Å². The van der Waals surface area contributed by atoms with Gasteiger partial charge in [0.1, 0.15) is 0 Å². The molecule has 0 atom stereocenters. The number of rotatable bonds is 4. The third kappa shape index (κ3) is 7.46. The molecule has 0 saturated heterocycles. The zero-order chi connectivity index (χ0) is 8.91. The molecule has 0 saturated carbocycles. The van der Waals surface area contributed by atoms with Gasteiger partial charge in [0.2, 0.25) is 0 Å². The molecular weight excluding hydrogens is 168 g/mol. The van der Waals surface area contributed by atoms with Gasteiger partial charge < -0.3 is 19.1 Å². The first-order chi connectivity index (χ1) is 4.95. The smallest absolute Gasteiger partial charge is 0.461 e. The van der Waals surface area contributed by atoms with Gasteiger partial charge in [-0.25, -0.2) is 0 Å². The highest BCUT2D eigenvalue weighted by Gasteiger charge is 2.29. The summed E-state index contributed by atoms with van der Waals surface area (Å²) in [5.74, 6) is -0.526. The second-order valence-electron chi connectivity index (χ2n) is 2.19. The summed E-state index contributed by atoms with van der Waals surface area (Å²) >= 11 is 0. The molecule has 0 aliphatic heterocycles. The van der Waals surface area contributed by atoms with Crippen molar-refractivity contribution < 1.29 is 23.9 Å². The van der Waals surface area contributed by atoms with Gasteiger partial charge >= 0.3 is 14.8 Å². The summed E-state index contributed by atoms with van der Waals surface area (Å²) < 4.78 is 4.32. The largest absolute Gasteiger partial charge is 0.532 e. The third-order valence-electron chi connectivity index (χ3n) is 0.881.